The third-order valence-corrected chi connectivity index (χ3v) is 5.20. The van der Waals surface area contributed by atoms with E-state index in [1.807, 2.05) is 0 Å². The zero-order valence-electron chi connectivity index (χ0n) is 12.3. The molecular formula is C15H21NO4S. The summed E-state index contributed by atoms with van der Waals surface area (Å²) in [6.07, 6.45) is 3.20. The summed E-state index contributed by atoms with van der Waals surface area (Å²) in [5.41, 5.74) is 0.732. The lowest BCUT2D eigenvalue weighted by molar-refractivity contribution is -0.139. The van der Waals surface area contributed by atoms with Crippen molar-refractivity contribution in [3.05, 3.63) is 29.8 Å². The third-order valence-electron chi connectivity index (χ3n) is 3.70. The highest BCUT2D eigenvalue weighted by Gasteiger charge is 2.39. The van der Waals surface area contributed by atoms with Crippen LogP contribution >= 0.6 is 0 Å². The van der Waals surface area contributed by atoms with E-state index in [2.05, 4.69) is 16.4 Å². The first-order chi connectivity index (χ1) is 9.96. The summed E-state index contributed by atoms with van der Waals surface area (Å²) >= 11 is 0. The van der Waals surface area contributed by atoms with Gasteiger partial charge in [0.25, 0.3) is 0 Å². The van der Waals surface area contributed by atoms with Crippen LogP contribution in [-0.4, -0.2) is 27.5 Å². The quantitative estimate of drug-likeness (QED) is 0.780. The Kier molecular flexibility index (Phi) is 5.00. The molecule has 1 aromatic rings. The van der Waals surface area contributed by atoms with Crippen LogP contribution in [0.2, 0.25) is 0 Å². The Balaban J connectivity index is 1.99. The van der Waals surface area contributed by atoms with Gasteiger partial charge < -0.3 is 4.74 Å². The number of hydrogen-bond donors (Lipinski definition) is 1. The van der Waals surface area contributed by atoms with Gasteiger partial charge in [0.2, 0.25) is 10.0 Å². The Hall–Kier alpha value is -1.40. The van der Waals surface area contributed by atoms with E-state index in [0.717, 1.165) is 24.8 Å². The van der Waals surface area contributed by atoms with Crippen LogP contribution in [0.25, 0.3) is 0 Å². The lowest BCUT2D eigenvalue weighted by atomic mass is 10.2. The van der Waals surface area contributed by atoms with Crippen LogP contribution in [0.4, 0.5) is 0 Å². The number of ether oxygens (including phenoxy) is 1. The Morgan fingerprint density at radius 3 is 2.57 bits per heavy atom. The van der Waals surface area contributed by atoms with E-state index in [1.54, 1.807) is 12.1 Å². The summed E-state index contributed by atoms with van der Waals surface area (Å²) in [7, 11) is -2.14. The number of methoxy groups -OCH3 is 1. The summed E-state index contributed by atoms with van der Waals surface area (Å²) in [6.45, 7) is 2.10. The zero-order valence-corrected chi connectivity index (χ0v) is 13.2. The Morgan fingerprint density at radius 1 is 1.33 bits per heavy atom. The fourth-order valence-electron chi connectivity index (χ4n) is 2.37. The van der Waals surface area contributed by atoms with Crippen LogP contribution in [0.15, 0.2) is 29.2 Å². The highest BCUT2D eigenvalue weighted by molar-refractivity contribution is 7.89. The van der Waals surface area contributed by atoms with Crippen LogP contribution in [-0.2, 0) is 26.0 Å². The zero-order chi connectivity index (χ0) is 15.5. The molecule has 0 radical (unpaired) electrons. The van der Waals surface area contributed by atoms with Gasteiger partial charge in [-0.25, -0.2) is 13.1 Å². The molecule has 1 aliphatic rings. The minimum atomic E-state index is -3.47. The molecule has 2 unspecified atom stereocenters. The number of benzene rings is 1. The number of nitrogens with one attached hydrogen (secondary N) is 1. The number of carbonyl (C=O) groups excluding carboxylic acids is 1. The van der Waals surface area contributed by atoms with Gasteiger partial charge in [0.05, 0.1) is 18.4 Å². The molecular weight excluding hydrogens is 290 g/mol. The molecule has 0 bridgehead atoms. The molecule has 6 heteroatoms. The van der Waals surface area contributed by atoms with Gasteiger partial charge in [-0.2, -0.15) is 0 Å². The number of rotatable bonds is 7. The summed E-state index contributed by atoms with van der Waals surface area (Å²) in [5, 5.41) is 0. The van der Waals surface area contributed by atoms with E-state index >= 15 is 0 Å². The van der Waals surface area contributed by atoms with Gasteiger partial charge in [-0.05, 0) is 36.5 Å². The third kappa shape index (κ3) is 4.28. The number of esters is 1. The average Bonchev–Trinajstić information content (AvgIpc) is 3.16. The van der Waals surface area contributed by atoms with Gasteiger partial charge >= 0.3 is 5.97 Å². The van der Waals surface area contributed by atoms with E-state index in [-0.39, 0.29) is 23.3 Å². The predicted octanol–water partition coefficient (Wildman–Crippen LogP) is 1.87. The molecule has 2 rings (SSSR count). The van der Waals surface area contributed by atoms with Crippen molar-refractivity contribution in [1.29, 1.82) is 0 Å². The van der Waals surface area contributed by atoms with Crippen LogP contribution in [0.1, 0.15) is 31.7 Å². The number of sulfonamides is 1. The molecule has 1 N–H and O–H groups in total. The molecule has 0 heterocycles. The SMILES string of the molecule is CCCC1CC1NS(=O)(=O)c1ccc(CC(=O)OC)cc1. The maximum atomic E-state index is 12.2. The van der Waals surface area contributed by atoms with Gasteiger partial charge in [-0.3, -0.25) is 4.79 Å². The van der Waals surface area contributed by atoms with Crippen LogP contribution in [0, 0.1) is 5.92 Å². The highest BCUT2D eigenvalue weighted by Crippen LogP contribution is 2.35. The minimum absolute atomic E-state index is 0.0738. The van der Waals surface area contributed by atoms with Gasteiger partial charge in [-0.1, -0.05) is 25.5 Å². The maximum absolute atomic E-state index is 12.2. The maximum Gasteiger partial charge on any atom is 0.309 e. The van der Waals surface area contributed by atoms with Crippen molar-refractivity contribution in [2.24, 2.45) is 5.92 Å². The largest absolute Gasteiger partial charge is 0.469 e. The highest BCUT2D eigenvalue weighted by atomic mass is 32.2. The minimum Gasteiger partial charge on any atom is -0.469 e. The fourth-order valence-corrected chi connectivity index (χ4v) is 3.69. The Bertz CT molecular complexity index is 595. The molecule has 116 valence electrons. The molecule has 0 aromatic heterocycles. The summed E-state index contributed by atoms with van der Waals surface area (Å²) in [6, 6.07) is 6.41. The molecule has 1 fully saturated rings. The van der Waals surface area contributed by atoms with Crippen molar-refractivity contribution in [2.75, 3.05) is 7.11 Å². The standard InChI is InChI=1S/C15H21NO4S/c1-3-4-12-10-14(12)16-21(18,19)13-7-5-11(6-8-13)9-15(17)20-2/h5-8,12,14,16H,3-4,9-10H2,1-2H3. The first-order valence-electron chi connectivity index (χ1n) is 7.14. The molecule has 0 saturated heterocycles. The molecule has 1 aromatic carbocycles. The molecule has 0 aliphatic heterocycles. The topological polar surface area (TPSA) is 72.5 Å². The van der Waals surface area contributed by atoms with E-state index in [0.29, 0.717) is 5.92 Å². The predicted molar refractivity (Wildman–Crippen MR) is 79.3 cm³/mol. The molecule has 0 amide bonds. The average molecular weight is 311 g/mol. The second-order valence-corrected chi connectivity index (χ2v) is 7.12. The molecule has 1 saturated carbocycles. The molecule has 2 atom stereocenters. The lowest BCUT2D eigenvalue weighted by Crippen LogP contribution is -2.27. The monoisotopic (exact) mass is 311 g/mol. The molecule has 5 nitrogen and oxygen atoms in total. The molecule has 1 aliphatic carbocycles. The summed E-state index contributed by atoms with van der Waals surface area (Å²) in [4.78, 5) is 11.4. The van der Waals surface area contributed by atoms with E-state index in [4.69, 9.17) is 0 Å². The van der Waals surface area contributed by atoms with E-state index in [9.17, 15) is 13.2 Å². The van der Waals surface area contributed by atoms with Gasteiger partial charge in [0.15, 0.2) is 0 Å². The van der Waals surface area contributed by atoms with E-state index in [1.165, 1.54) is 19.2 Å². The summed E-state index contributed by atoms with van der Waals surface area (Å²) < 4.78 is 31.7. The normalized spacial score (nSPS) is 21.0. The number of hydrogen-bond acceptors (Lipinski definition) is 4. The Labute approximate surface area is 125 Å². The van der Waals surface area contributed by atoms with Crippen molar-refractivity contribution in [2.45, 2.75) is 43.5 Å². The Morgan fingerprint density at radius 2 is 2.00 bits per heavy atom. The second-order valence-electron chi connectivity index (χ2n) is 5.41. The van der Waals surface area contributed by atoms with Crippen molar-refractivity contribution in [3.63, 3.8) is 0 Å². The van der Waals surface area contributed by atoms with Crippen molar-refractivity contribution < 1.29 is 17.9 Å². The van der Waals surface area contributed by atoms with Crippen LogP contribution < -0.4 is 4.72 Å². The molecule has 21 heavy (non-hydrogen) atoms. The van der Waals surface area contributed by atoms with Crippen molar-refractivity contribution >= 4 is 16.0 Å². The lowest BCUT2D eigenvalue weighted by Gasteiger charge is -2.07. The first kappa shape index (κ1) is 16.0. The fraction of sp³-hybridized carbons (Fsp3) is 0.533. The first-order valence-corrected chi connectivity index (χ1v) is 8.62. The van der Waals surface area contributed by atoms with E-state index < -0.39 is 10.0 Å². The summed E-state index contributed by atoms with van der Waals surface area (Å²) in [5.74, 6) is 0.132. The molecule has 0 spiro atoms. The van der Waals surface area contributed by atoms with Gasteiger partial charge in [-0.15, -0.1) is 0 Å². The van der Waals surface area contributed by atoms with Crippen molar-refractivity contribution in [1.82, 2.24) is 4.72 Å². The van der Waals surface area contributed by atoms with Gasteiger partial charge in [0.1, 0.15) is 0 Å². The van der Waals surface area contributed by atoms with Gasteiger partial charge in [0, 0.05) is 6.04 Å². The smallest absolute Gasteiger partial charge is 0.309 e. The van der Waals surface area contributed by atoms with Crippen LogP contribution in [0.3, 0.4) is 0 Å². The van der Waals surface area contributed by atoms with Crippen molar-refractivity contribution in [3.8, 4) is 0 Å². The second kappa shape index (κ2) is 6.58. The number of carbonyl (C=O) groups is 1. The van der Waals surface area contributed by atoms with Crippen LogP contribution in [0.5, 0.6) is 0 Å².